The van der Waals surface area contributed by atoms with Crippen molar-refractivity contribution in [3.63, 3.8) is 0 Å². The lowest BCUT2D eigenvalue weighted by Crippen LogP contribution is -2.29. The smallest absolute Gasteiger partial charge is 0.162 e. The maximum atomic E-state index is 5.79. The van der Waals surface area contributed by atoms with E-state index in [4.69, 9.17) is 14.6 Å². The fourth-order valence-electron chi connectivity index (χ4n) is 4.85. The van der Waals surface area contributed by atoms with Crippen LogP contribution in [-0.2, 0) is 26.6 Å². The molecule has 0 unspecified atom stereocenters. The first kappa shape index (κ1) is 18.5. The maximum Gasteiger partial charge on any atom is 0.162 e. The zero-order valence-corrected chi connectivity index (χ0v) is 17.9. The molecule has 2 aliphatic heterocycles. The van der Waals surface area contributed by atoms with Crippen LogP contribution in [0.4, 0.5) is 0 Å². The number of hydrogen-bond donors (Lipinski definition) is 1. The van der Waals surface area contributed by atoms with Crippen LogP contribution in [0.1, 0.15) is 22.4 Å². The Morgan fingerprint density at radius 2 is 1.94 bits per heavy atom. The van der Waals surface area contributed by atoms with Crippen molar-refractivity contribution < 1.29 is 9.47 Å². The molecule has 0 radical (unpaired) electrons. The van der Waals surface area contributed by atoms with Crippen molar-refractivity contribution in [2.45, 2.75) is 26.4 Å². The van der Waals surface area contributed by atoms with Gasteiger partial charge in [-0.25, -0.2) is 0 Å². The summed E-state index contributed by atoms with van der Waals surface area (Å²) in [6.45, 7) is 6.21. The van der Waals surface area contributed by atoms with E-state index in [9.17, 15) is 0 Å². The quantitative estimate of drug-likeness (QED) is 0.546. The monoisotopic (exact) mass is 414 g/mol. The van der Waals surface area contributed by atoms with Crippen molar-refractivity contribution in [3.05, 3.63) is 65.0 Å². The molecule has 0 fully saturated rings. The van der Waals surface area contributed by atoms with E-state index in [-0.39, 0.29) is 0 Å². The van der Waals surface area contributed by atoms with Crippen molar-refractivity contribution in [2.75, 3.05) is 19.8 Å². The number of aromatic amines is 1. The molecule has 0 amide bonds. The van der Waals surface area contributed by atoms with E-state index in [1.807, 2.05) is 17.8 Å². The fourth-order valence-corrected chi connectivity index (χ4v) is 4.85. The predicted molar refractivity (Wildman–Crippen MR) is 120 cm³/mol. The van der Waals surface area contributed by atoms with Crippen LogP contribution < -0.4 is 9.47 Å². The molecule has 2 aromatic carbocycles. The van der Waals surface area contributed by atoms with Gasteiger partial charge in [0, 0.05) is 67.0 Å². The molecule has 0 aliphatic carbocycles. The Kier molecular flexibility index (Phi) is 4.28. The van der Waals surface area contributed by atoms with Gasteiger partial charge in [0.1, 0.15) is 13.2 Å². The molecule has 0 atom stereocenters. The van der Waals surface area contributed by atoms with Crippen molar-refractivity contribution in [2.24, 2.45) is 7.05 Å². The van der Waals surface area contributed by atoms with Crippen molar-refractivity contribution >= 4 is 10.9 Å². The molecule has 0 spiro atoms. The summed E-state index contributed by atoms with van der Waals surface area (Å²) in [6.07, 6.45) is 3.18. The van der Waals surface area contributed by atoms with Gasteiger partial charge in [-0.15, -0.1) is 0 Å². The number of rotatable bonds is 3. The zero-order valence-electron chi connectivity index (χ0n) is 17.9. The van der Waals surface area contributed by atoms with Crippen LogP contribution in [0.2, 0.25) is 0 Å². The first-order valence-corrected chi connectivity index (χ1v) is 10.9. The van der Waals surface area contributed by atoms with E-state index < -0.39 is 0 Å². The Labute approximate surface area is 181 Å². The highest BCUT2D eigenvalue weighted by atomic mass is 16.6. The number of aryl methyl sites for hydroxylation is 2. The Morgan fingerprint density at radius 1 is 1.06 bits per heavy atom. The second-order valence-electron chi connectivity index (χ2n) is 8.63. The van der Waals surface area contributed by atoms with Crippen LogP contribution >= 0.6 is 0 Å². The van der Waals surface area contributed by atoms with Crippen LogP contribution in [-0.4, -0.2) is 39.4 Å². The summed E-state index contributed by atoms with van der Waals surface area (Å²) >= 11 is 0. The Morgan fingerprint density at radius 3 is 2.84 bits per heavy atom. The molecule has 31 heavy (non-hydrogen) atoms. The molecular weight excluding hydrogens is 388 g/mol. The Bertz CT molecular complexity index is 1290. The van der Waals surface area contributed by atoms with Gasteiger partial charge in [0.15, 0.2) is 11.5 Å². The van der Waals surface area contributed by atoms with Gasteiger partial charge in [-0.2, -0.15) is 5.10 Å². The minimum Gasteiger partial charge on any atom is -0.486 e. The van der Waals surface area contributed by atoms with Crippen LogP contribution in [0.5, 0.6) is 11.5 Å². The first-order valence-electron chi connectivity index (χ1n) is 10.9. The third-order valence-electron chi connectivity index (χ3n) is 6.32. The second-order valence-corrected chi connectivity index (χ2v) is 8.63. The van der Waals surface area contributed by atoms with Crippen LogP contribution in [0, 0.1) is 6.92 Å². The average molecular weight is 415 g/mol. The molecule has 4 aromatic rings. The highest BCUT2D eigenvalue weighted by Gasteiger charge is 2.23. The van der Waals surface area contributed by atoms with Gasteiger partial charge in [0.25, 0.3) is 0 Å². The lowest BCUT2D eigenvalue weighted by molar-refractivity contribution is 0.171. The molecule has 0 saturated heterocycles. The molecule has 6 heteroatoms. The van der Waals surface area contributed by atoms with Gasteiger partial charge < -0.3 is 14.5 Å². The molecular formula is C25H26N4O2. The van der Waals surface area contributed by atoms with Gasteiger partial charge in [-0.1, -0.05) is 11.6 Å². The summed E-state index contributed by atoms with van der Waals surface area (Å²) in [4.78, 5) is 6.15. The summed E-state index contributed by atoms with van der Waals surface area (Å²) in [6, 6.07) is 12.8. The van der Waals surface area contributed by atoms with Crippen molar-refractivity contribution in [3.8, 4) is 22.8 Å². The van der Waals surface area contributed by atoms with E-state index in [1.165, 1.54) is 33.3 Å². The third-order valence-corrected chi connectivity index (χ3v) is 6.32. The van der Waals surface area contributed by atoms with Gasteiger partial charge in [-0.05, 0) is 42.8 Å². The molecule has 6 rings (SSSR count). The molecule has 6 nitrogen and oxygen atoms in total. The lowest BCUT2D eigenvalue weighted by Gasteiger charge is -2.27. The summed E-state index contributed by atoms with van der Waals surface area (Å²) in [5, 5.41) is 6.14. The summed E-state index contributed by atoms with van der Waals surface area (Å²) < 4.78 is 13.4. The second kappa shape index (κ2) is 7.17. The summed E-state index contributed by atoms with van der Waals surface area (Å²) in [7, 11) is 1.99. The van der Waals surface area contributed by atoms with Gasteiger partial charge >= 0.3 is 0 Å². The SMILES string of the molecule is Cc1ccc2[nH]c3c(c2c1)CN(Cc1cn(C)nc1-c1ccc2c(c1)OCCO2)CC3. The number of benzene rings is 2. The minimum absolute atomic E-state index is 0.589. The maximum absolute atomic E-state index is 5.79. The van der Waals surface area contributed by atoms with Crippen molar-refractivity contribution in [1.82, 2.24) is 19.7 Å². The Balaban J connectivity index is 1.30. The van der Waals surface area contributed by atoms with Gasteiger partial charge in [0.05, 0.1) is 5.69 Å². The van der Waals surface area contributed by atoms with Crippen LogP contribution in [0.3, 0.4) is 0 Å². The highest BCUT2D eigenvalue weighted by Crippen LogP contribution is 2.36. The summed E-state index contributed by atoms with van der Waals surface area (Å²) in [5.74, 6) is 1.61. The normalized spacial score (nSPS) is 15.9. The number of fused-ring (bicyclic) bond motifs is 4. The number of ether oxygens (including phenoxy) is 2. The van der Waals surface area contributed by atoms with E-state index in [1.54, 1.807) is 0 Å². The fraction of sp³-hybridized carbons (Fsp3) is 0.320. The predicted octanol–water partition coefficient (Wildman–Crippen LogP) is 4.21. The van der Waals surface area contributed by atoms with E-state index in [0.717, 1.165) is 48.8 Å². The van der Waals surface area contributed by atoms with Gasteiger partial charge in [-0.3, -0.25) is 9.58 Å². The standard InChI is InChI=1S/C25H26N4O2/c1-16-3-5-21-19(11-16)20-15-29(8-7-22(20)26-21)14-18-13-28(2)27-25(18)17-4-6-23-24(12-17)31-10-9-30-23/h3-6,11-13,26H,7-10,14-15H2,1-2H3. The number of H-pyrrole nitrogens is 1. The highest BCUT2D eigenvalue weighted by molar-refractivity contribution is 5.85. The molecule has 158 valence electrons. The van der Waals surface area contributed by atoms with E-state index in [2.05, 4.69) is 53.3 Å². The lowest BCUT2D eigenvalue weighted by atomic mass is 10.0. The molecule has 2 aliphatic rings. The molecule has 0 saturated carbocycles. The topological polar surface area (TPSA) is 55.3 Å². The third kappa shape index (κ3) is 3.27. The van der Waals surface area contributed by atoms with Crippen LogP contribution in [0.15, 0.2) is 42.6 Å². The minimum atomic E-state index is 0.589. The molecule has 4 heterocycles. The number of nitrogens with one attached hydrogen (secondary N) is 1. The average Bonchev–Trinajstić information content (AvgIpc) is 3.33. The van der Waals surface area contributed by atoms with Gasteiger partial charge in [0.2, 0.25) is 0 Å². The van der Waals surface area contributed by atoms with Crippen LogP contribution in [0.25, 0.3) is 22.2 Å². The van der Waals surface area contributed by atoms with E-state index in [0.29, 0.717) is 13.2 Å². The molecule has 1 N–H and O–H groups in total. The van der Waals surface area contributed by atoms with Crippen molar-refractivity contribution in [1.29, 1.82) is 0 Å². The number of hydrogen-bond acceptors (Lipinski definition) is 4. The number of aromatic nitrogens is 3. The molecule has 2 aromatic heterocycles. The zero-order chi connectivity index (χ0) is 20.9. The number of nitrogens with zero attached hydrogens (tertiary/aromatic N) is 3. The first-order chi connectivity index (χ1) is 15.1. The Hall–Kier alpha value is -3.25. The summed E-state index contributed by atoms with van der Waals surface area (Å²) in [5.41, 5.74) is 8.69. The largest absolute Gasteiger partial charge is 0.486 e. The molecule has 0 bridgehead atoms. The van der Waals surface area contributed by atoms with E-state index >= 15 is 0 Å².